The van der Waals surface area contributed by atoms with E-state index in [-0.39, 0.29) is 18.7 Å². The van der Waals surface area contributed by atoms with Gasteiger partial charge in [-0.15, -0.1) is 0 Å². The number of halogens is 1. The van der Waals surface area contributed by atoms with E-state index < -0.39 is 0 Å². The summed E-state index contributed by atoms with van der Waals surface area (Å²) in [5.41, 5.74) is 0. The zero-order valence-corrected chi connectivity index (χ0v) is 13.3. The molecule has 2 rings (SSSR count). The number of aliphatic hydroxyl groups excluding tert-OH is 1. The Balaban J connectivity index is 1.85. The summed E-state index contributed by atoms with van der Waals surface area (Å²) in [6.45, 7) is -0.0900. The zero-order chi connectivity index (χ0) is 15.9. The van der Waals surface area contributed by atoms with Crippen LogP contribution >= 0.6 is 11.6 Å². The Hall–Kier alpha value is -1.70. The van der Waals surface area contributed by atoms with Crippen LogP contribution in [0.3, 0.4) is 0 Å². The summed E-state index contributed by atoms with van der Waals surface area (Å²) in [5.74, 6) is 6.58. The molecular formula is C17H20ClNO3. The smallest absolute Gasteiger partial charge is 0.410 e. The first-order valence-corrected chi connectivity index (χ1v) is 7.77. The van der Waals surface area contributed by atoms with Gasteiger partial charge < -0.3 is 14.7 Å². The van der Waals surface area contributed by atoms with Gasteiger partial charge >= 0.3 is 6.09 Å². The maximum atomic E-state index is 12.2. The van der Waals surface area contributed by atoms with E-state index in [1.165, 1.54) is 0 Å². The number of carbonyl (C=O) groups is 1. The minimum Gasteiger partial charge on any atom is -0.410 e. The van der Waals surface area contributed by atoms with Gasteiger partial charge in [-0.2, -0.15) is 0 Å². The average molecular weight is 322 g/mol. The van der Waals surface area contributed by atoms with E-state index in [1.54, 1.807) is 36.2 Å². The second kappa shape index (κ2) is 8.07. The van der Waals surface area contributed by atoms with Crippen molar-refractivity contribution < 1.29 is 14.6 Å². The van der Waals surface area contributed by atoms with E-state index in [0.717, 1.165) is 25.7 Å². The van der Waals surface area contributed by atoms with Gasteiger partial charge in [-0.3, -0.25) is 0 Å². The Morgan fingerprint density at radius 1 is 1.32 bits per heavy atom. The molecule has 0 aromatic heterocycles. The lowest BCUT2D eigenvalue weighted by Gasteiger charge is -2.32. The quantitative estimate of drug-likeness (QED) is 0.850. The molecule has 22 heavy (non-hydrogen) atoms. The molecule has 0 saturated heterocycles. The number of nitrogens with zero attached hydrogens (tertiary/aromatic N) is 1. The number of ether oxygens (including phenoxy) is 1. The Morgan fingerprint density at radius 2 is 1.95 bits per heavy atom. The third kappa shape index (κ3) is 4.66. The summed E-state index contributed by atoms with van der Waals surface area (Å²) < 4.78 is 5.34. The van der Waals surface area contributed by atoms with Crippen molar-refractivity contribution in [2.75, 3.05) is 13.7 Å². The van der Waals surface area contributed by atoms with Gasteiger partial charge in [-0.25, -0.2) is 4.79 Å². The van der Waals surface area contributed by atoms with Crippen molar-refractivity contribution in [3.05, 3.63) is 29.3 Å². The number of benzene rings is 1. The summed E-state index contributed by atoms with van der Waals surface area (Å²) >= 11 is 5.80. The molecule has 4 nitrogen and oxygen atoms in total. The highest BCUT2D eigenvalue weighted by molar-refractivity contribution is 6.30. The van der Waals surface area contributed by atoms with Crippen molar-refractivity contribution in [2.24, 2.45) is 5.92 Å². The summed E-state index contributed by atoms with van der Waals surface area (Å²) in [7, 11) is 1.77. The Morgan fingerprint density at radius 3 is 2.55 bits per heavy atom. The molecule has 0 unspecified atom stereocenters. The summed E-state index contributed by atoms with van der Waals surface area (Å²) in [5, 5.41) is 9.32. The van der Waals surface area contributed by atoms with Crippen LogP contribution in [0.15, 0.2) is 24.3 Å². The lowest BCUT2D eigenvalue weighted by molar-refractivity contribution is 0.129. The van der Waals surface area contributed by atoms with Gasteiger partial charge in [0.05, 0.1) is 0 Å². The predicted molar refractivity (Wildman–Crippen MR) is 85.8 cm³/mol. The van der Waals surface area contributed by atoms with E-state index in [1.807, 2.05) is 0 Å². The van der Waals surface area contributed by atoms with E-state index >= 15 is 0 Å². The van der Waals surface area contributed by atoms with E-state index in [4.69, 9.17) is 21.4 Å². The normalized spacial score (nSPS) is 20.7. The Bertz CT molecular complexity index is 554. The van der Waals surface area contributed by atoms with Gasteiger partial charge in [-0.1, -0.05) is 23.4 Å². The molecule has 118 valence electrons. The second-order valence-corrected chi connectivity index (χ2v) is 5.85. The zero-order valence-electron chi connectivity index (χ0n) is 12.6. The molecular weight excluding hydrogens is 302 g/mol. The Labute approximate surface area is 136 Å². The molecule has 1 N–H and O–H groups in total. The van der Waals surface area contributed by atoms with Crippen molar-refractivity contribution in [3.8, 4) is 17.6 Å². The van der Waals surface area contributed by atoms with Gasteiger partial charge in [0.15, 0.2) is 0 Å². The number of hydrogen-bond donors (Lipinski definition) is 1. The first kappa shape index (κ1) is 16.7. The van der Waals surface area contributed by atoms with Crippen LogP contribution in [0.25, 0.3) is 0 Å². The minimum atomic E-state index is -0.354. The molecule has 5 heteroatoms. The monoisotopic (exact) mass is 321 g/mol. The van der Waals surface area contributed by atoms with Gasteiger partial charge in [-0.05, 0) is 49.9 Å². The highest BCUT2D eigenvalue weighted by Gasteiger charge is 2.26. The average Bonchev–Trinajstić information content (AvgIpc) is 2.55. The lowest BCUT2D eigenvalue weighted by Crippen LogP contribution is -2.40. The van der Waals surface area contributed by atoms with E-state index in [9.17, 15) is 4.79 Å². The molecule has 0 atom stereocenters. The number of hydrogen-bond acceptors (Lipinski definition) is 3. The molecule has 0 spiro atoms. The van der Waals surface area contributed by atoms with Crippen LogP contribution in [-0.2, 0) is 0 Å². The second-order valence-electron chi connectivity index (χ2n) is 5.42. The van der Waals surface area contributed by atoms with Crippen LogP contribution in [0.4, 0.5) is 4.79 Å². The number of carbonyl (C=O) groups excluding carboxylic acids is 1. The maximum absolute atomic E-state index is 12.2. The number of aliphatic hydroxyl groups is 1. The van der Waals surface area contributed by atoms with Gasteiger partial charge in [0.25, 0.3) is 0 Å². The molecule has 1 aliphatic rings. The van der Waals surface area contributed by atoms with Gasteiger partial charge in [0, 0.05) is 24.0 Å². The van der Waals surface area contributed by atoms with E-state index in [2.05, 4.69) is 11.8 Å². The molecule has 1 aromatic carbocycles. The van der Waals surface area contributed by atoms with Crippen molar-refractivity contribution in [1.82, 2.24) is 4.90 Å². The summed E-state index contributed by atoms with van der Waals surface area (Å²) in [6.07, 6.45) is 3.33. The molecule has 1 saturated carbocycles. The van der Waals surface area contributed by atoms with E-state index in [0.29, 0.717) is 16.7 Å². The van der Waals surface area contributed by atoms with Crippen LogP contribution in [-0.4, -0.2) is 35.8 Å². The topological polar surface area (TPSA) is 49.8 Å². The molecule has 1 aromatic rings. The van der Waals surface area contributed by atoms with Crippen molar-refractivity contribution >= 4 is 17.7 Å². The SMILES string of the molecule is CN(C(=O)Oc1ccc(Cl)cc1)[C@H]1CC[C@H](C#CCO)CC1. The number of amides is 1. The summed E-state index contributed by atoms with van der Waals surface area (Å²) in [4.78, 5) is 13.8. The van der Waals surface area contributed by atoms with Gasteiger partial charge in [0.2, 0.25) is 0 Å². The van der Waals surface area contributed by atoms with Gasteiger partial charge in [0.1, 0.15) is 12.4 Å². The van der Waals surface area contributed by atoms with Crippen LogP contribution < -0.4 is 4.74 Å². The highest BCUT2D eigenvalue weighted by atomic mass is 35.5. The largest absolute Gasteiger partial charge is 0.415 e. The third-order valence-corrected chi connectivity index (χ3v) is 4.19. The predicted octanol–water partition coefficient (Wildman–Crippen LogP) is 3.33. The van der Waals surface area contributed by atoms with Crippen molar-refractivity contribution in [2.45, 2.75) is 31.7 Å². The minimum absolute atomic E-state index is 0.0900. The molecule has 0 radical (unpaired) electrons. The fourth-order valence-corrected chi connectivity index (χ4v) is 2.75. The lowest BCUT2D eigenvalue weighted by atomic mass is 9.86. The molecule has 1 amide bonds. The van der Waals surface area contributed by atoms with Crippen LogP contribution in [0.5, 0.6) is 5.75 Å². The fraction of sp³-hybridized carbons (Fsp3) is 0.471. The van der Waals surface area contributed by atoms with Crippen LogP contribution in [0, 0.1) is 17.8 Å². The fourth-order valence-electron chi connectivity index (χ4n) is 2.62. The van der Waals surface area contributed by atoms with Crippen LogP contribution in [0.2, 0.25) is 5.02 Å². The third-order valence-electron chi connectivity index (χ3n) is 3.94. The van der Waals surface area contributed by atoms with Crippen molar-refractivity contribution in [3.63, 3.8) is 0 Å². The Kier molecular flexibility index (Phi) is 6.11. The standard InChI is InChI=1S/C17H20ClNO3/c1-19(15-8-4-13(5-9-15)3-2-12-20)17(21)22-16-10-6-14(18)7-11-16/h6-7,10-11,13,15,20H,4-5,8-9,12H2,1H3/t13-,15-. The number of rotatable bonds is 2. The van der Waals surface area contributed by atoms with Crippen LogP contribution in [0.1, 0.15) is 25.7 Å². The first-order chi connectivity index (χ1) is 10.6. The molecule has 0 heterocycles. The van der Waals surface area contributed by atoms with Crippen molar-refractivity contribution in [1.29, 1.82) is 0 Å². The molecule has 0 bridgehead atoms. The molecule has 1 aliphatic carbocycles. The first-order valence-electron chi connectivity index (χ1n) is 7.39. The molecule has 1 fully saturated rings. The maximum Gasteiger partial charge on any atom is 0.415 e. The highest BCUT2D eigenvalue weighted by Crippen LogP contribution is 2.27. The summed E-state index contributed by atoms with van der Waals surface area (Å²) in [6, 6.07) is 6.90. The molecule has 0 aliphatic heterocycles.